The van der Waals surface area contributed by atoms with Gasteiger partial charge in [0.2, 0.25) is 0 Å². The number of hydrogen-bond donors (Lipinski definition) is 0. The zero-order valence-corrected chi connectivity index (χ0v) is 15.5. The number of aromatic nitrogens is 1. The predicted molar refractivity (Wildman–Crippen MR) is 105 cm³/mol. The van der Waals surface area contributed by atoms with Crippen molar-refractivity contribution in [3.05, 3.63) is 66.0 Å². The molecule has 5 heterocycles. The quantitative estimate of drug-likeness (QED) is 0.824. The Balaban J connectivity index is 1.33. The van der Waals surface area contributed by atoms with E-state index >= 15 is 0 Å². The first-order chi connectivity index (χ1) is 12.9. The van der Waals surface area contributed by atoms with E-state index in [2.05, 4.69) is 57.2 Å². The van der Waals surface area contributed by atoms with E-state index in [0.717, 1.165) is 24.4 Å². The Hall–Kier alpha value is -1.71. The SMILES string of the molecule is c1ccc([C@H]2CN(CCCc3cccnc3)[C@@H]3C4CCN(CC4)[C@H]23)cc1. The molecule has 3 nitrogen and oxygen atoms in total. The molecule has 2 bridgehead atoms. The van der Waals surface area contributed by atoms with Crippen LogP contribution in [0.25, 0.3) is 0 Å². The summed E-state index contributed by atoms with van der Waals surface area (Å²) < 4.78 is 0. The van der Waals surface area contributed by atoms with Crippen molar-refractivity contribution in [2.75, 3.05) is 26.2 Å². The molecule has 0 spiro atoms. The molecule has 1 aromatic carbocycles. The summed E-state index contributed by atoms with van der Waals surface area (Å²) in [5.41, 5.74) is 2.92. The van der Waals surface area contributed by atoms with Crippen molar-refractivity contribution in [2.24, 2.45) is 5.92 Å². The van der Waals surface area contributed by atoms with Crippen molar-refractivity contribution in [3.63, 3.8) is 0 Å². The minimum atomic E-state index is 0.683. The molecule has 0 saturated carbocycles. The highest BCUT2D eigenvalue weighted by atomic mass is 15.3. The molecule has 6 rings (SSSR count). The van der Waals surface area contributed by atoms with E-state index in [9.17, 15) is 0 Å². The van der Waals surface area contributed by atoms with E-state index in [1.165, 1.54) is 51.0 Å². The van der Waals surface area contributed by atoms with Crippen LogP contribution in [-0.4, -0.2) is 53.0 Å². The van der Waals surface area contributed by atoms with Gasteiger partial charge in [0.1, 0.15) is 0 Å². The highest BCUT2D eigenvalue weighted by molar-refractivity contribution is 5.27. The van der Waals surface area contributed by atoms with E-state index in [-0.39, 0.29) is 0 Å². The smallest absolute Gasteiger partial charge is 0.0335 e. The van der Waals surface area contributed by atoms with Crippen molar-refractivity contribution >= 4 is 0 Å². The molecule has 1 aromatic heterocycles. The summed E-state index contributed by atoms with van der Waals surface area (Å²) in [7, 11) is 0. The zero-order chi connectivity index (χ0) is 17.3. The topological polar surface area (TPSA) is 19.4 Å². The normalized spacial score (nSPS) is 33.3. The van der Waals surface area contributed by atoms with E-state index in [1.54, 1.807) is 5.56 Å². The Morgan fingerprint density at radius 1 is 0.962 bits per heavy atom. The van der Waals surface area contributed by atoms with Gasteiger partial charge >= 0.3 is 0 Å². The van der Waals surface area contributed by atoms with Crippen molar-refractivity contribution in [1.82, 2.24) is 14.8 Å². The molecular weight excluding hydrogens is 318 g/mol. The number of likely N-dealkylation sites (tertiary alicyclic amines) is 1. The highest BCUT2D eigenvalue weighted by Gasteiger charge is 2.52. The summed E-state index contributed by atoms with van der Waals surface area (Å²) in [6, 6.07) is 17.1. The molecule has 4 aliphatic heterocycles. The lowest BCUT2D eigenvalue weighted by Crippen LogP contribution is -2.60. The maximum absolute atomic E-state index is 4.26. The first kappa shape index (κ1) is 16.5. The van der Waals surface area contributed by atoms with Crippen LogP contribution in [-0.2, 0) is 6.42 Å². The number of benzene rings is 1. The second-order valence-corrected chi connectivity index (χ2v) is 8.33. The Kier molecular flexibility index (Phi) is 4.51. The van der Waals surface area contributed by atoms with E-state index in [4.69, 9.17) is 0 Å². The first-order valence-corrected chi connectivity index (χ1v) is 10.3. The maximum atomic E-state index is 4.26. The number of nitrogens with zero attached hydrogens (tertiary/aromatic N) is 3. The molecule has 4 aliphatic rings. The largest absolute Gasteiger partial charge is 0.298 e. The Labute approximate surface area is 157 Å². The second kappa shape index (κ2) is 7.13. The number of hydrogen-bond acceptors (Lipinski definition) is 3. The molecule has 0 N–H and O–H groups in total. The van der Waals surface area contributed by atoms with Crippen LogP contribution < -0.4 is 0 Å². The van der Waals surface area contributed by atoms with Gasteiger partial charge in [-0.05, 0) is 68.4 Å². The molecule has 3 atom stereocenters. The van der Waals surface area contributed by atoms with E-state index in [1.807, 2.05) is 12.4 Å². The summed E-state index contributed by atoms with van der Waals surface area (Å²) in [5, 5.41) is 0. The summed E-state index contributed by atoms with van der Waals surface area (Å²) >= 11 is 0. The lowest BCUT2D eigenvalue weighted by atomic mass is 9.75. The van der Waals surface area contributed by atoms with Gasteiger partial charge in [-0.3, -0.25) is 14.8 Å². The molecule has 2 aromatic rings. The van der Waals surface area contributed by atoms with Gasteiger partial charge in [0.15, 0.2) is 0 Å². The fourth-order valence-electron chi connectivity index (χ4n) is 5.82. The van der Waals surface area contributed by atoms with Gasteiger partial charge in [-0.2, -0.15) is 0 Å². The minimum Gasteiger partial charge on any atom is -0.298 e. The van der Waals surface area contributed by atoms with Gasteiger partial charge in [-0.15, -0.1) is 0 Å². The second-order valence-electron chi connectivity index (χ2n) is 8.33. The summed E-state index contributed by atoms with van der Waals surface area (Å²) in [5.74, 6) is 1.60. The molecule has 0 amide bonds. The average molecular weight is 348 g/mol. The average Bonchev–Trinajstić information content (AvgIpc) is 3.12. The van der Waals surface area contributed by atoms with Gasteiger partial charge in [0.25, 0.3) is 0 Å². The van der Waals surface area contributed by atoms with Gasteiger partial charge in [-0.25, -0.2) is 0 Å². The van der Waals surface area contributed by atoms with Crippen LogP contribution in [0.1, 0.15) is 36.3 Å². The number of pyridine rings is 1. The van der Waals surface area contributed by atoms with Crippen LogP contribution in [0, 0.1) is 5.92 Å². The number of rotatable bonds is 5. The monoisotopic (exact) mass is 347 g/mol. The summed E-state index contributed by atoms with van der Waals surface area (Å²) in [6.45, 7) is 5.10. The fourth-order valence-corrected chi connectivity index (χ4v) is 5.82. The van der Waals surface area contributed by atoms with Gasteiger partial charge in [0.05, 0.1) is 0 Å². The number of aryl methyl sites for hydroxylation is 1. The summed E-state index contributed by atoms with van der Waals surface area (Å²) in [4.78, 5) is 9.91. The first-order valence-electron chi connectivity index (χ1n) is 10.3. The molecule has 0 radical (unpaired) electrons. The lowest BCUT2D eigenvalue weighted by Gasteiger charge is -2.51. The maximum Gasteiger partial charge on any atom is 0.0335 e. The van der Waals surface area contributed by atoms with Gasteiger partial charge in [-0.1, -0.05) is 36.4 Å². The van der Waals surface area contributed by atoms with Gasteiger partial charge in [0, 0.05) is 36.9 Å². The molecule has 0 aliphatic carbocycles. The van der Waals surface area contributed by atoms with Crippen molar-refractivity contribution in [3.8, 4) is 0 Å². The number of piperidine rings is 3. The molecule has 26 heavy (non-hydrogen) atoms. The van der Waals surface area contributed by atoms with Crippen molar-refractivity contribution < 1.29 is 0 Å². The highest BCUT2D eigenvalue weighted by Crippen LogP contribution is 2.46. The summed E-state index contributed by atoms with van der Waals surface area (Å²) in [6.07, 6.45) is 9.08. The molecule has 3 heteroatoms. The third kappa shape index (κ3) is 2.97. The Morgan fingerprint density at radius 3 is 2.58 bits per heavy atom. The van der Waals surface area contributed by atoms with Crippen LogP contribution >= 0.6 is 0 Å². The Bertz CT molecular complexity index is 709. The Morgan fingerprint density at radius 2 is 1.81 bits per heavy atom. The number of fused-ring (bicyclic) bond motifs is 2. The van der Waals surface area contributed by atoms with Crippen LogP contribution in [0.2, 0.25) is 0 Å². The fraction of sp³-hybridized carbons (Fsp3) is 0.522. The van der Waals surface area contributed by atoms with Crippen LogP contribution in [0.3, 0.4) is 0 Å². The molecule has 4 fully saturated rings. The zero-order valence-electron chi connectivity index (χ0n) is 15.5. The van der Waals surface area contributed by atoms with E-state index in [0.29, 0.717) is 5.92 Å². The van der Waals surface area contributed by atoms with Crippen LogP contribution in [0.15, 0.2) is 54.9 Å². The molecule has 4 saturated heterocycles. The third-order valence-corrected chi connectivity index (χ3v) is 6.96. The lowest BCUT2D eigenvalue weighted by molar-refractivity contribution is -0.00667. The molecule has 136 valence electrons. The van der Waals surface area contributed by atoms with Crippen LogP contribution in [0.5, 0.6) is 0 Å². The molecule has 0 unspecified atom stereocenters. The predicted octanol–water partition coefficient (Wildman–Crippen LogP) is 3.58. The van der Waals surface area contributed by atoms with E-state index < -0.39 is 0 Å². The molecular formula is C23H29N3. The van der Waals surface area contributed by atoms with Crippen LogP contribution in [0.4, 0.5) is 0 Å². The van der Waals surface area contributed by atoms with Gasteiger partial charge < -0.3 is 0 Å². The van der Waals surface area contributed by atoms with Crippen molar-refractivity contribution in [2.45, 2.75) is 43.7 Å². The standard InChI is InChI=1S/C23H29N3/c1-2-8-19(9-3-1)21-17-26(13-5-7-18-6-4-12-24-16-18)22-20-10-14-25(15-11-20)23(21)22/h1-4,6,8-9,12,16,20-23H,5,7,10-11,13-15,17H2/t21-,22-,23-/m1/s1. The third-order valence-electron chi connectivity index (χ3n) is 6.96. The minimum absolute atomic E-state index is 0.683. The van der Waals surface area contributed by atoms with Crippen molar-refractivity contribution in [1.29, 1.82) is 0 Å².